The van der Waals surface area contributed by atoms with E-state index in [0.717, 1.165) is 18.9 Å². The number of carbonyl (C=O) groups excluding carboxylic acids is 1. The van der Waals surface area contributed by atoms with Crippen molar-refractivity contribution in [1.82, 2.24) is 5.32 Å². The van der Waals surface area contributed by atoms with Crippen LogP contribution in [0.25, 0.3) is 0 Å². The Balaban J connectivity index is 0.00000172. The highest BCUT2D eigenvalue weighted by atomic mass is 16.3. The first-order valence-electron chi connectivity index (χ1n) is 6.64. The minimum Gasteiger partial charge on any atom is -0.508 e. The molecule has 0 unspecified atom stereocenters. The predicted molar refractivity (Wildman–Crippen MR) is 80.8 cm³/mol. The molecule has 5 nitrogen and oxygen atoms in total. The van der Waals surface area contributed by atoms with E-state index in [0.29, 0.717) is 13.0 Å². The lowest BCUT2D eigenvalue weighted by Gasteiger charge is -2.08. The normalized spacial score (nSPS) is 8.85. The van der Waals surface area contributed by atoms with Gasteiger partial charge < -0.3 is 20.8 Å². The van der Waals surface area contributed by atoms with Gasteiger partial charge in [0.15, 0.2) is 0 Å². The van der Waals surface area contributed by atoms with Gasteiger partial charge in [0.1, 0.15) is 11.5 Å². The van der Waals surface area contributed by atoms with Crippen molar-refractivity contribution in [1.29, 1.82) is 0 Å². The number of hydrogen-bond acceptors (Lipinski definition) is 3. The molecule has 1 rings (SSSR count). The molecule has 0 atom stereocenters. The highest BCUT2D eigenvalue weighted by Gasteiger charge is 2.05. The standard InChI is InChI=1S/C13H16N2O3.C2H6/c1-2-3-4-5-8-14-13(18)15-11-7-6-10(16)9-12(11)17;1-2/h1,6-7,9,16-17H,3-5,8H2,(H2,14,15,18);1-2H3. The third kappa shape index (κ3) is 7.17. The molecule has 0 saturated heterocycles. The van der Waals surface area contributed by atoms with E-state index in [1.807, 2.05) is 13.8 Å². The van der Waals surface area contributed by atoms with Gasteiger partial charge in [-0.1, -0.05) is 13.8 Å². The second-order valence-corrected chi connectivity index (χ2v) is 3.74. The summed E-state index contributed by atoms with van der Waals surface area (Å²) in [6, 6.07) is 3.55. The summed E-state index contributed by atoms with van der Waals surface area (Å²) in [6.07, 6.45) is 7.47. The topological polar surface area (TPSA) is 81.6 Å². The molecule has 0 saturated carbocycles. The number of carbonyl (C=O) groups is 1. The fourth-order valence-corrected chi connectivity index (χ4v) is 1.35. The minimum absolute atomic E-state index is 0.0623. The van der Waals surface area contributed by atoms with E-state index in [1.165, 1.54) is 12.1 Å². The first-order chi connectivity index (χ1) is 9.63. The summed E-state index contributed by atoms with van der Waals surface area (Å²) < 4.78 is 0. The molecule has 1 aromatic rings. The number of phenolic OH excluding ortho intramolecular Hbond substituents is 2. The predicted octanol–water partition coefficient (Wildman–Crippen LogP) is 3.05. The molecule has 0 aliphatic carbocycles. The SMILES string of the molecule is C#CCCCCNC(=O)Nc1ccc(O)cc1O.CC. The van der Waals surface area contributed by atoms with Crippen molar-refractivity contribution in [3.8, 4) is 23.8 Å². The number of rotatable bonds is 5. The van der Waals surface area contributed by atoms with Gasteiger partial charge in [-0.05, 0) is 25.0 Å². The Kier molecular flexibility index (Phi) is 9.32. The van der Waals surface area contributed by atoms with E-state index in [2.05, 4.69) is 16.6 Å². The molecule has 0 bridgehead atoms. The van der Waals surface area contributed by atoms with E-state index in [1.54, 1.807) is 0 Å². The van der Waals surface area contributed by atoms with Crippen molar-refractivity contribution in [3.63, 3.8) is 0 Å². The molecule has 2 amide bonds. The maximum Gasteiger partial charge on any atom is 0.319 e. The molecule has 0 radical (unpaired) electrons. The molecule has 0 heterocycles. The number of nitrogens with one attached hydrogen (secondary N) is 2. The number of aromatic hydroxyl groups is 2. The lowest BCUT2D eigenvalue weighted by molar-refractivity contribution is 0.252. The van der Waals surface area contributed by atoms with E-state index < -0.39 is 6.03 Å². The van der Waals surface area contributed by atoms with Crippen LogP contribution < -0.4 is 10.6 Å². The van der Waals surface area contributed by atoms with Crippen LogP contribution in [0.2, 0.25) is 0 Å². The van der Waals surface area contributed by atoms with Gasteiger partial charge in [0.2, 0.25) is 0 Å². The molecule has 0 aliphatic rings. The monoisotopic (exact) mass is 278 g/mol. The van der Waals surface area contributed by atoms with Crippen LogP contribution in [-0.2, 0) is 0 Å². The summed E-state index contributed by atoms with van der Waals surface area (Å²) in [6.45, 7) is 4.52. The number of amides is 2. The second-order valence-electron chi connectivity index (χ2n) is 3.74. The van der Waals surface area contributed by atoms with E-state index in [-0.39, 0.29) is 17.2 Å². The molecule has 20 heavy (non-hydrogen) atoms. The van der Waals surface area contributed by atoms with Crippen LogP contribution in [0.4, 0.5) is 10.5 Å². The fraction of sp³-hybridized carbons (Fsp3) is 0.400. The second kappa shape index (κ2) is 10.6. The van der Waals surface area contributed by atoms with Crippen LogP contribution >= 0.6 is 0 Å². The van der Waals surface area contributed by atoms with Crippen LogP contribution in [0.3, 0.4) is 0 Å². The number of anilines is 1. The van der Waals surface area contributed by atoms with Gasteiger partial charge in [0.05, 0.1) is 5.69 Å². The van der Waals surface area contributed by atoms with E-state index >= 15 is 0 Å². The van der Waals surface area contributed by atoms with Crippen LogP contribution in [0, 0.1) is 12.3 Å². The van der Waals surface area contributed by atoms with Gasteiger partial charge in [-0.3, -0.25) is 0 Å². The third-order valence-electron chi connectivity index (χ3n) is 2.26. The average Bonchev–Trinajstić information content (AvgIpc) is 2.44. The van der Waals surface area contributed by atoms with Crippen molar-refractivity contribution in [2.24, 2.45) is 0 Å². The lowest BCUT2D eigenvalue weighted by Crippen LogP contribution is -2.29. The lowest BCUT2D eigenvalue weighted by atomic mass is 10.2. The van der Waals surface area contributed by atoms with Crippen LogP contribution in [0.1, 0.15) is 33.1 Å². The average molecular weight is 278 g/mol. The number of phenols is 2. The van der Waals surface area contributed by atoms with Gasteiger partial charge in [-0.15, -0.1) is 12.3 Å². The van der Waals surface area contributed by atoms with E-state index in [9.17, 15) is 9.90 Å². The maximum absolute atomic E-state index is 11.4. The zero-order chi connectivity index (χ0) is 15.4. The molecule has 110 valence electrons. The Morgan fingerprint density at radius 2 is 2.00 bits per heavy atom. The van der Waals surface area contributed by atoms with Crippen molar-refractivity contribution in [2.75, 3.05) is 11.9 Å². The molecule has 0 spiro atoms. The van der Waals surface area contributed by atoms with Gasteiger partial charge in [0.25, 0.3) is 0 Å². The third-order valence-corrected chi connectivity index (χ3v) is 2.26. The number of unbranched alkanes of at least 4 members (excludes halogenated alkanes) is 2. The fourth-order valence-electron chi connectivity index (χ4n) is 1.35. The molecule has 0 aromatic heterocycles. The highest BCUT2D eigenvalue weighted by Crippen LogP contribution is 2.26. The smallest absolute Gasteiger partial charge is 0.319 e. The summed E-state index contributed by atoms with van der Waals surface area (Å²) >= 11 is 0. The molecule has 1 aromatic carbocycles. The van der Waals surface area contributed by atoms with Gasteiger partial charge in [-0.2, -0.15) is 0 Å². The summed E-state index contributed by atoms with van der Waals surface area (Å²) in [5.41, 5.74) is 0.244. The molecule has 5 heteroatoms. The quantitative estimate of drug-likeness (QED) is 0.289. The van der Waals surface area contributed by atoms with Crippen molar-refractivity contribution in [3.05, 3.63) is 18.2 Å². The number of urea groups is 1. The zero-order valence-electron chi connectivity index (χ0n) is 11.9. The Hall–Kier alpha value is -2.35. The van der Waals surface area contributed by atoms with Gasteiger partial charge in [0, 0.05) is 19.0 Å². The highest BCUT2D eigenvalue weighted by molar-refractivity contribution is 5.90. The summed E-state index contributed by atoms with van der Waals surface area (Å²) in [5.74, 6) is 2.28. The Morgan fingerprint density at radius 3 is 2.60 bits per heavy atom. The largest absolute Gasteiger partial charge is 0.508 e. The number of terminal acetylenes is 1. The molecule has 0 aliphatic heterocycles. The summed E-state index contributed by atoms with van der Waals surface area (Å²) in [7, 11) is 0. The van der Waals surface area contributed by atoms with Gasteiger partial charge in [-0.25, -0.2) is 4.79 Å². The first-order valence-corrected chi connectivity index (χ1v) is 6.64. The summed E-state index contributed by atoms with van der Waals surface area (Å²) in [4.78, 5) is 11.4. The number of benzene rings is 1. The van der Waals surface area contributed by atoms with Crippen LogP contribution in [0.5, 0.6) is 11.5 Å². The summed E-state index contributed by atoms with van der Waals surface area (Å²) in [5, 5.41) is 23.7. The Morgan fingerprint density at radius 1 is 1.30 bits per heavy atom. The Labute approximate surface area is 120 Å². The van der Waals surface area contributed by atoms with Crippen molar-refractivity contribution >= 4 is 11.7 Å². The van der Waals surface area contributed by atoms with Crippen LogP contribution in [-0.4, -0.2) is 22.8 Å². The van der Waals surface area contributed by atoms with E-state index in [4.69, 9.17) is 11.5 Å². The zero-order valence-corrected chi connectivity index (χ0v) is 11.9. The van der Waals surface area contributed by atoms with Gasteiger partial charge >= 0.3 is 6.03 Å². The maximum atomic E-state index is 11.4. The molecular weight excluding hydrogens is 256 g/mol. The Bertz CT molecular complexity index is 453. The van der Waals surface area contributed by atoms with Crippen molar-refractivity contribution < 1.29 is 15.0 Å². The number of hydrogen-bond donors (Lipinski definition) is 4. The molecular formula is C15H22N2O3. The molecule has 4 N–H and O–H groups in total. The minimum atomic E-state index is -0.406. The van der Waals surface area contributed by atoms with Crippen molar-refractivity contribution in [2.45, 2.75) is 33.1 Å². The molecule has 0 fully saturated rings. The van der Waals surface area contributed by atoms with Crippen LogP contribution in [0.15, 0.2) is 18.2 Å². The first kappa shape index (κ1) is 17.6.